The Labute approximate surface area is 102 Å². The molecule has 0 aromatic heterocycles. The summed E-state index contributed by atoms with van der Waals surface area (Å²) in [4.78, 5) is 24.1. The summed E-state index contributed by atoms with van der Waals surface area (Å²) in [5, 5.41) is 0. The highest BCUT2D eigenvalue weighted by Crippen LogP contribution is 2.18. The second kappa shape index (κ2) is 5.21. The number of piperidine rings is 1. The summed E-state index contributed by atoms with van der Waals surface area (Å²) in [6.45, 7) is 6.68. The number of nitrogens with two attached hydrogens (primary N) is 1. The van der Waals surface area contributed by atoms with E-state index in [9.17, 15) is 9.59 Å². The number of likely N-dealkylation sites (tertiary alicyclic amines) is 1. The van der Waals surface area contributed by atoms with E-state index in [1.165, 1.54) is 6.08 Å². The Balaban J connectivity index is 2.47. The third kappa shape index (κ3) is 4.89. The zero-order valence-corrected chi connectivity index (χ0v) is 10.7. The molecule has 0 spiro atoms. The van der Waals surface area contributed by atoms with E-state index >= 15 is 0 Å². The van der Waals surface area contributed by atoms with Gasteiger partial charge in [-0.15, -0.1) is 0 Å². The molecule has 0 atom stereocenters. The predicted molar refractivity (Wildman–Crippen MR) is 64.3 cm³/mol. The highest BCUT2D eigenvalue weighted by atomic mass is 16.6. The van der Waals surface area contributed by atoms with Crippen LogP contribution in [0.5, 0.6) is 0 Å². The van der Waals surface area contributed by atoms with Crippen molar-refractivity contribution in [2.24, 2.45) is 5.73 Å². The van der Waals surface area contributed by atoms with Gasteiger partial charge in [-0.25, -0.2) is 4.79 Å². The highest BCUT2D eigenvalue weighted by Gasteiger charge is 2.24. The molecule has 96 valence electrons. The molecule has 17 heavy (non-hydrogen) atoms. The van der Waals surface area contributed by atoms with Gasteiger partial charge in [0.1, 0.15) is 5.60 Å². The molecule has 0 aromatic rings. The van der Waals surface area contributed by atoms with E-state index in [-0.39, 0.29) is 6.09 Å². The number of carbonyl (C=O) groups excluding carboxylic acids is 2. The molecule has 1 heterocycles. The lowest BCUT2D eigenvalue weighted by Crippen LogP contribution is -2.40. The van der Waals surface area contributed by atoms with Crippen LogP contribution in [-0.2, 0) is 9.53 Å². The minimum Gasteiger partial charge on any atom is -0.444 e. The van der Waals surface area contributed by atoms with Gasteiger partial charge >= 0.3 is 6.09 Å². The fourth-order valence-electron chi connectivity index (χ4n) is 1.65. The molecular weight excluding hydrogens is 220 g/mol. The SMILES string of the molecule is CC(C)(C)OC(=O)N1CCC(=CC(N)=O)CC1. The van der Waals surface area contributed by atoms with E-state index in [4.69, 9.17) is 10.5 Å². The highest BCUT2D eigenvalue weighted by molar-refractivity contribution is 5.86. The van der Waals surface area contributed by atoms with Gasteiger partial charge in [-0.05, 0) is 33.6 Å². The van der Waals surface area contributed by atoms with Crippen molar-refractivity contribution in [2.75, 3.05) is 13.1 Å². The molecule has 5 heteroatoms. The van der Waals surface area contributed by atoms with Crippen LogP contribution in [0.25, 0.3) is 0 Å². The van der Waals surface area contributed by atoms with Crippen molar-refractivity contribution in [3.05, 3.63) is 11.6 Å². The monoisotopic (exact) mass is 240 g/mol. The lowest BCUT2D eigenvalue weighted by Gasteiger charge is -2.30. The first-order valence-corrected chi connectivity index (χ1v) is 5.75. The van der Waals surface area contributed by atoms with Crippen LogP contribution in [0.1, 0.15) is 33.6 Å². The van der Waals surface area contributed by atoms with Crippen LogP contribution in [-0.4, -0.2) is 35.6 Å². The van der Waals surface area contributed by atoms with E-state index < -0.39 is 11.5 Å². The second-order valence-corrected chi connectivity index (χ2v) is 5.17. The zero-order valence-electron chi connectivity index (χ0n) is 10.7. The largest absolute Gasteiger partial charge is 0.444 e. The summed E-state index contributed by atoms with van der Waals surface area (Å²) < 4.78 is 5.27. The summed E-state index contributed by atoms with van der Waals surface area (Å²) in [7, 11) is 0. The third-order valence-corrected chi connectivity index (χ3v) is 2.40. The Morgan fingerprint density at radius 1 is 1.29 bits per heavy atom. The Hall–Kier alpha value is -1.52. The third-order valence-electron chi connectivity index (χ3n) is 2.40. The van der Waals surface area contributed by atoms with Gasteiger partial charge in [-0.1, -0.05) is 5.57 Å². The van der Waals surface area contributed by atoms with Gasteiger partial charge in [0.25, 0.3) is 0 Å². The number of primary amides is 1. The van der Waals surface area contributed by atoms with Gasteiger partial charge in [-0.3, -0.25) is 4.79 Å². The van der Waals surface area contributed by atoms with E-state index in [2.05, 4.69) is 0 Å². The quantitative estimate of drug-likeness (QED) is 0.705. The van der Waals surface area contributed by atoms with Gasteiger partial charge in [-0.2, -0.15) is 0 Å². The van der Waals surface area contributed by atoms with Crippen molar-refractivity contribution in [3.8, 4) is 0 Å². The molecule has 2 amide bonds. The van der Waals surface area contributed by atoms with E-state index in [1.807, 2.05) is 20.8 Å². The number of amides is 2. The summed E-state index contributed by atoms with van der Waals surface area (Å²) in [6.07, 6.45) is 2.52. The standard InChI is InChI=1S/C12H20N2O3/c1-12(2,3)17-11(16)14-6-4-9(5-7-14)8-10(13)15/h8H,4-7H2,1-3H3,(H2,13,15). The minimum atomic E-state index is -0.472. The molecule has 1 rings (SSSR count). The Bertz CT molecular complexity index is 332. The van der Waals surface area contributed by atoms with Crippen LogP contribution >= 0.6 is 0 Å². The average molecular weight is 240 g/mol. The summed E-state index contributed by atoms with van der Waals surface area (Å²) >= 11 is 0. The zero-order chi connectivity index (χ0) is 13.1. The number of nitrogens with zero attached hydrogens (tertiary/aromatic N) is 1. The summed E-state index contributed by atoms with van der Waals surface area (Å²) in [6, 6.07) is 0. The molecule has 1 aliphatic heterocycles. The molecule has 0 bridgehead atoms. The second-order valence-electron chi connectivity index (χ2n) is 5.17. The molecule has 1 fully saturated rings. The van der Waals surface area contributed by atoms with Crippen LogP contribution in [0.15, 0.2) is 11.6 Å². The summed E-state index contributed by atoms with van der Waals surface area (Å²) in [5.74, 6) is -0.425. The number of hydrogen-bond acceptors (Lipinski definition) is 3. The molecule has 2 N–H and O–H groups in total. The smallest absolute Gasteiger partial charge is 0.410 e. The maximum atomic E-state index is 11.7. The molecular formula is C12H20N2O3. The van der Waals surface area contributed by atoms with E-state index in [1.54, 1.807) is 4.90 Å². The van der Waals surface area contributed by atoms with Crippen molar-refractivity contribution < 1.29 is 14.3 Å². The number of ether oxygens (including phenoxy) is 1. The molecule has 0 unspecified atom stereocenters. The first-order chi connectivity index (χ1) is 7.78. The van der Waals surface area contributed by atoms with Crippen LogP contribution in [0.2, 0.25) is 0 Å². The number of rotatable bonds is 1. The van der Waals surface area contributed by atoms with Crippen molar-refractivity contribution >= 4 is 12.0 Å². The lowest BCUT2D eigenvalue weighted by molar-refractivity contribution is -0.113. The van der Waals surface area contributed by atoms with Crippen molar-refractivity contribution in [1.82, 2.24) is 4.90 Å². The van der Waals surface area contributed by atoms with Gasteiger partial charge in [0, 0.05) is 19.2 Å². The maximum Gasteiger partial charge on any atom is 0.410 e. The van der Waals surface area contributed by atoms with Crippen LogP contribution in [0.4, 0.5) is 4.79 Å². The van der Waals surface area contributed by atoms with Gasteiger partial charge in [0.15, 0.2) is 0 Å². The fraction of sp³-hybridized carbons (Fsp3) is 0.667. The molecule has 1 aliphatic rings. The molecule has 0 aromatic carbocycles. The first kappa shape index (κ1) is 13.5. The maximum absolute atomic E-state index is 11.7. The Kier molecular flexibility index (Phi) is 4.15. The van der Waals surface area contributed by atoms with Gasteiger partial charge < -0.3 is 15.4 Å². The topological polar surface area (TPSA) is 72.6 Å². The lowest BCUT2D eigenvalue weighted by atomic mass is 10.0. The molecule has 0 radical (unpaired) electrons. The Morgan fingerprint density at radius 2 is 1.82 bits per heavy atom. The minimum absolute atomic E-state index is 0.296. The fourth-order valence-corrected chi connectivity index (χ4v) is 1.65. The Morgan fingerprint density at radius 3 is 2.24 bits per heavy atom. The number of carbonyl (C=O) groups is 2. The van der Waals surface area contributed by atoms with Crippen LogP contribution in [0, 0.1) is 0 Å². The van der Waals surface area contributed by atoms with Gasteiger partial charge in [0.2, 0.25) is 5.91 Å². The molecule has 5 nitrogen and oxygen atoms in total. The molecule has 1 saturated heterocycles. The normalized spacial score (nSPS) is 16.6. The van der Waals surface area contributed by atoms with Crippen molar-refractivity contribution in [2.45, 2.75) is 39.2 Å². The first-order valence-electron chi connectivity index (χ1n) is 5.75. The molecule has 0 aliphatic carbocycles. The van der Waals surface area contributed by atoms with Crippen LogP contribution in [0.3, 0.4) is 0 Å². The van der Waals surface area contributed by atoms with E-state index in [0.717, 1.165) is 5.57 Å². The van der Waals surface area contributed by atoms with Crippen molar-refractivity contribution in [3.63, 3.8) is 0 Å². The van der Waals surface area contributed by atoms with Crippen molar-refractivity contribution in [1.29, 1.82) is 0 Å². The number of hydrogen-bond donors (Lipinski definition) is 1. The van der Waals surface area contributed by atoms with Crippen LogP contribution < -0.4 is 5.73 Å². The predicted octanol–water partition coefficient (Wildman–Crippen LogP) is 1.43. The summed E-state index contributed by atoms with van der Waals surface area (Å²) in [5.41, 5.74) is 5.61. The van der Waals surface area contributed by atoms with E-state index in [0.29, 0.717) is 25.9 Å². The average Bonchev–Trinajstić information content (AvgIpc) is 2.15. The molecule has 0 saturated carbocycles. The van der Waals surface area contributed by atoms with Gasteiger partial charge in [0.05, 0.1) is 0 Å².